The van der Waals surface area contributed by atoms with E-state index in [1.165, 1.54) is 0 Å². The van der Waals surface area contributed by atoms with Crippen molar-refractivity contribution in [3.63, 3.8) is 0 Å². The molecule has 8 nitrogen and oxygen atoms in total. The number of rotatable bonds is 4. The Balaban J connectivity index is 1.33. The number of imidazole rings is 1. The van der Waals surface area contributed by atoms with Gasteiger partial charge >= 0.3 is 0 Å². The van der Waals surface area contributed by atoms with Gasteiger partial charge in [-0.05, 0) is 44.0 Å². The zero-order valence-corrected chi connectivity index (χ0v) is 17.9. The van der Waals surface area contributed by atoms with Gasteiger partial charge < -0.3 is 14.8 Å². The summed E-state index contributed by atoms with van der Waals surface area (Å²) in [6, 6.07) is 9.51. The summed E-state index contributed by atoms with van der Waals surface area (Å²) in [6.07, 6.45) is 6.62. The van der Waals surface area contributed by atoms with Crippen molar-refractivity contribution in [3.05, 3.63) is 59.8 Å². The fourth-order valence-electron chi connectivity index (χ4n) is 4.00. The van der Waals surface area contributed by atoms with Gasteiger partial charge in [-0.3, -0.25) is 9.67 Å². The normalized spacial score (nSPS) is 18.2. The van der Waals surface area contributed by atoms with Crippen molar-refractivity contribution in [1.29, 1.82) is 0 Å². The quantitative estimate of drug-likeness (QED) is 0.410. The third-order valence-corrected chi connectivity index (χ3v) is 6.14. The molecule has 0 spiro atoms. The van der Waals surface area contributed by atoms with E-state index < -0.39 is 0 Å². The second-order valence-electron chi connectivity index (χ2n) is 8.09. The average Bonchev–Trinajstić information content (AvgIpc) is 3.39. The predicted molar refractivity (Wildman–Crippen MR) is 121 cm³/mol. The standard InChI is InChI=1S/C23H19ClN6O2/c1-12-27-17-3-2-16(8-19(17)28-12)32-21-5-4-18-23(22(21)24)29-20(10-25-18)13-9-26-30(11-13)14-6-15(31)7-14/h2-5,8-11,14-15,31H,6-7H2,1H3,(H,27,28)/t14-,15+. The maximum atomic E-state index is 9.54. The highest BCUT2D eigenvalue weighted by Gasteiger charge is 2.29. The first-order valence-corrected chi connectivity index (χ1v) is 10.7. The summed E-state index contributed by atoms with van der Waals surface area (Å²) in [5.41, 5.74) is 4.55. The number of aliphatic hydroxyl groups excluding tert-OH is 1. The van der Waals surface area contributed by atoms with Crippen LogP contribution in [-0.4, -0.2) is 40.9 Å². The van der Waals surface area contributed by atoms with Gasteiger partial charge in [0, 0.05) is 17.8 Å². The maximum absolute atomic E-state index is 9.54. The molecule has 0 amide bonds. The Morgan fingerprint density at radius 2 is 1.97 bits per heavy atom. The second kappa shape index (κ2) is 7.29. The molecule has 3 aromatic heterocycles. The number of nitrogens with one attached hydrogen (secondary N) is 1. The van der Waals surface area contributed by atoms with E-state index in [4.69, 9.17) is 21.3 Å². The number of H-pyrrole nitrogens is 1. The molecule has 0 aliphatic heterocycles. The number of aromatic amines is 1. The van der Waals surface area contributed by atoms with Crippen molar-refractivity contribution >= 4 is 33.7 Å². The molecule has 2 N–H and O–H groups in total. The minimum Gasteiger partial charge on any atom is -0.456 e. The third-order valence-electron chi connectivity index (χ3n) is 5.78. The Morgan fingerprint density at radius 3 is 2.81 bits per heavy atom. The molecule has 2 aromatic carbocycles. The van der Waals surface area contributed by atoms with Gasteiger partial charge in [0.15, 0.2) is 0 Å². The van der Waals surface area contributed by atoms with E-state index in [1.807, 2.05) is 42.1 Å². The van der Waals surface area contributed by atoms with E-state index in [0.717, 1.165) is 35.3 Å². The third kappa shape index (κ3) is 3.28. The van der Waals surface area contributed by atoms with Gasteiger partial charge in [-0.2, -0.15) is 5.10 Å². The van der Waals surface area contributed by atoms with Gasteiger partial charge in [-0.15, -0.1) is 0 Å². The lowest BCUT2D eigenvalue weighted by Gasteiger charge is -2.31. The molecule has 160 valence electrons. The van der Waals surface area contributed by atoms with E-state index in [9.17, 15) is 5.11 Å². The molecule has 32 heavy (non-hydrogen) atoms. The average molecular weight is 447 g/mol. The first-order valence-electron chi connectivity index (χ1n) is 10.4. The fourth-order valence-corrected chi connectivity index (χ4v) is 4.24. The molecule has 0 saturated heterocycles. The molecular weight excluding hydrogens is 428 g/mol. The topological polar surface area (TPSA) is 102 Å². The lowest BCUT2D eigenvalue weighted by Crippen LogP contribution is -2.30. The summed E-state index contributed by atoms with van der Waals surface area (Å²) < 4.78 is 7.94. The molecular formula is C23H19ClN6O2. The molecule has 1 saturated carbocycles. The summed E-state index contributed by atoms with van der Waals surface area (Å²) in [7, 11) is 0. The van der Waals surface area contributed by atoms with Crippen molar-refractivity contribution in [2.45, 2.75) is 31.9 Å². The summed E-state index contributed by atoms with van der Waals surface area (Å²) >= 11 is 6.68. The van der Waals surface area contributed by atoms with E-state index >= 15 is 0 Å². The minimum absolute atomic E-state index is 0.228. The molecule has 1 fully saturated rings. The number of nitrogens with zero attached hydrogens (tertiary/aromatic N) is 5. The highest BCUT2D eigenvalue weighted by molar-refractivity contribution is 6.36. The summed E-state index contributed by atoms with van der Waals surface area (Å²) in [5.74, 6) is 2.00. The zero-order chi connectivity index (χ0) is 21.8. The Bertz CT molecular complexity index is 1470. The van der Waals surface area contributed by atoms with Gasteiger partial charge in [-0.25, -0.2) is 9.97 Å². The molecule has 5 aromatic rings. The minimum atomic E-state index is -0.233. The summed E-state index contributed by atoms with van der Waals surface area (Å²) in [5, 5.41) is 14.4. The smallest absolute Gasteiger partial charge is 0.148 e. The van der Waals surface area contributed by atoms with Gasteiger partial charge in [0.25, 0.3) is 0 Å². The second-order valence-corrected chi connectivity index (χ2v) is 8.47. The number of ether oxygens (including phenoxy) is 1. The predicted octanol–water partition coefficient (Wildman–Crippen LogP) is 4.82. The number of benzene rings is 2. The van der Waals surface area contributed by atoms with Crippen LogP contribution < -0.4 is 4.74 Å². The van der Waals surface area contributed by atoms with E-state index in [-0.39, 0.29) is 12.1 Å². The molecule has 0 bridgehead atoms. The summed E-state index contributed by atoms with van der Waals surface area (Å²) in [6.45, 7) is 1.91. The van der Waals surface area contributed by atoms with Crippen LogP contribution in [0.4, 0.5) is 0 Å². The highest BCUT2D eigenvalue weighted by atomic mass is 35.5. The van der Waals surface area contributed by atoms with Crippen LogP contribution in [0.5, 0.6) is 11.5 Å². The molecule has 3 heterocycles. The van der Waals surface area contributed by atoms with Crippen molar-refractivity contribution in [3.8, 4) is 22.8 Å². The van der Waals surface area contributed by atoms with Crippen LogP contribution in [0.25, 0.3) is 33.3 Å². The molecule has 0 atom stereocenters. The highest BCUT2D eigenvalue weighted by Crippen LogP contribution is 2.36. The maximum Gasteiger partial charge on any atom is 0.148 e. The van der Waals surface area contributed by atoms with Crippen molar-refractivity contribution in [2.24, 2.45) is 0 Å². The van der Waals surface area contributed by atoms with E-state index in [0.29, 0.717) is 33.2 Å². The Kier molecular flexibility index (Phi) is 4.38. The largest absolute Gasteiger partial charge is 0.456 e. The Hall–Kier alpha value is -3.49. The van der Waals surface area contributed by atoms with Crippen LogP contribution >= 0.6 is 11.6 Å². The van der Waals surface area contributed by atoms with Crippen LogP contribution in [-0.2, 0) is 0 Å². The number of aliphatic hydroxyl groups is 1. The zero-order valence-electron chi connectivity index (χ0n) is 17.2. The number of hydrogen-bond acceptors (Lipinski definition) is 6. The number of hydrogen-bond donors (Lipinski definition) is 2. The molecule has 1 aliphatic rings. The molecule has 9 heteroatoms. The van der Waals surface area contributed by atoms with Crippen molar-refractivity contribution in [2.75, 3.05) is 0 Å². The van der Waals surface area contributed by atoms with Crippen molar-refractivity contribution in [1.82, 2.24) is 29.7 Å². The Labute approximate surface area is 187 Å². The monoisotopic (exact) mass is 446 g/mol. The summed E-state index contributed by atoms with van der Waals surface area (Å²) in [4.78, 5) is 16.9. The molecule has 0 radical (unpaired) electrons. The molecule has 0 unspecified atom stereocenters. The number of fused-ring (bicyclic) bond motifs is 2. The molecule has 6 rings (SSSR count). The van der Waals surface area contributed by atoms with Gasteiger partial charge in [0.05, 0.1) is 46.8 Å². The first kappa shape index (κ1) is 19.2. The SMILES string of the molecule is Cc1nc2ccc(Oc3ccc4ncc(-c5cnn([C@H]6C[C@@H](O)C6)c5)nc4c3Cl)cc2[nH]1. The van der Waals surface area contributed by atoms with Crippen LogP contribution in [0.3, 0.4) is 0 Å². The van der Waals surface area contributed by atoms with E-state index in [2.05, 4.69) is 20.1 Å². The fraction of sp³-hybridized carbons (Fsp3) is 0.217. The lowest BCUT2D eigenvalue weighted by atomic mass is 9.90. The van der Waals surface area contributed by atoms with E-state index in [1.54, 1.807) is 18.5 Å². The first-order chi connectivity index (χ1) is 15.5. The van der Waals surface area contributed by atoms with Gasteiger partial charge in [-0.1, -0.05) is 11.6 Å². The van der Waals surface area contributed by atoms with Gasteiger partial charge in [0.2, 0.25) is 0 Å². The van der Waals surface area contributed by atoms with Crippen LogP contribution in [0.2, 0.25) is 5.02 Å². The van der Waals surface area contributed by atoms with Crippen molar-refractivity contribution < 1.29 is 9.84 Å². The van der Waals surface area contributed by atoms with Crippen LogP contribution in [0.1, 0.15) is 24.7 Å². The number of halogens is 1. The molecule has 1 aliphatic carbocycles. The van der Waals surface area contributed by atoms with Gasteiger partial charge in [0.1, 0.15) is 27.9 Å². The Morgan fingerprint density at radius 1 is 1.12 bits per heavy atom. The number of aryl methyl sites for hydroxylation is 1. The van der Waals surface area contributed by atoms with Crippen LogP contribution in [0.15, 0.2) is 48.9 Å². The lowest BCUT2D eigenvalue weighted by molar-refractivity contribution is 0.0434. The number of aromatic nitrogens is 6. The van der Waals surface area contributed by atoms with Crippen LogP contribution in [0, 0.1) is 6.92 Å².